The largest absolute Gasteiger partial charge is 0.504 e. The van der Waals surface area contributed by atoms with E-state index in [0.717, 1.165) is 30.4 Å². The molecule has 0 radical (unpaired) electrons. The van der Waals surface area contributed by atoms with Crippen molar-refractivity contribution in [1.82, 2.24) is 0 Å². The minimum atomic E-state index is -0.796. The first-order valence-electron chi connectivity index (χ1n) is 12.2. The Morgan fingerprint density at radius 3 is 2.30 bits per heavy atom. The van der Waals surface area contributed by atoms with Crippen LogP contribution in [0.15, 0.2) is 58.9 Å². The number of rotatable bonds is 9. The van der Waals surface area contributed by atoms with Crippen molar-refractivity contribution in [3.8, 4) is 0 Å². The Morgan fingerprint density at radius 1 is 1.11 bits per heavy atom. The third-order valence-electron chi connectivity index (χ3n) is 4.85. The summed E-state index contributed by atoms with van der Waals surface area (Å²) in [6.45, 7) is 7.81. The third-order valence-corrected chi connectivity index (χ3v) is 4.85. The highest BCUT2D eigenvalue weighted by molar-refractivity contribution is 5.54. The molecule has 2 N–H and O–H groups in total. The van der Waals surface area contributed by atoms with Gasteiger partial charge in [-0.15, -0.1) is 10.1 Å². The van der Waals surface area contributed by atoms with E-state index in [2.05, 4.69) is 47.9 Å². The average Bonchev–Trinajstić information content (AvgIpc) is 3.53. The summed E-state index contributed by atoms with van der Waals surface area (Å²) >= 11 is 0. The summed E-state index contributed by atoms with van der Waals surface area (Å²) in [5.74, 6) is 0. The van der Waals surface area contributed by atoms with Crippen molar-refractivity contribution >= 4 is 6.21 Å². The summed E-state index contributed by atoms with van der Waals surface area (Å²) < 4.78 is 20.6. The number of aryl methyl sites for hydroxylation is 1. The molecule has 0 bridgehead atoms. The first-order valence-corrected chi connectivity index (χ1v) is 12.2. The minimum Gasteiger partial charge on any atom is -0.504 e. The smallest absolute Gasteiger partial charge is 0.294 e. The quantitative estimate of drug-likeness (QED) is 0.123. The van der Waals surface area contributed by atoms with Crippen LogP contribution in [0.2, 0.25) is 0 Å². The molecule has 0 aliphatic carbocycles. The van der Waals surface area contributed by atoms with Crippen LogP contribution in [-0.4, -0.2) is 80.7 Å². The molecular weight excluding hydrogens is 484 g/mol. The van der Waals surface area contributed by atoms with Gasteiger partial charge in [0.25, 0.3) is 5.09 Å². The van der Waals surface area contributed by atoms with Crippen molar-refractivity contribution in [3.63, 3.8) is 0 Å². The summed E-state index contributed by atoms with van der Waals surface area (Å²) in [5.41, 5.74) is 3.57. The molecule has 2 atom stereocenters. The summed E-state index contributed by atoms with van der Waals surface area (Å²) in [5, 5.41) is 23.6. The zero-order valence-electron chi connectivity index (χ0n) is 22.3. The lowest BCUT2D eigenvalue weighted by atomic mass is 10.2. The highest BCUT2D eigenvalue weighted by Crippen LogP contribution is 2.18. The Kier molecular flexibility index (Phi) is 21.8. The second-order valence-corrected chi connectivity index (χ2v) is 7.58. The van der Waals surface area contributed by atoms with Crippen molar-refractivity contribution in [1.29, 1.82) is 0 Å². The lowest BCUT2D eigenvalue weighted by molar-refractivity contribution is -0.769. The van der Waals surface area contributed by atoms with Crippen LogP contribution in [0, 0.1) is 10.1 Å². The van der Waals surface area contributed by atoms with E-state index in [1.165, 1.54) is 5.56 Å². The number of aliphatic hydroxyl groups excluding tert-OH is 1. The number of nitrogens with zero attached hydrogens (tertiary/aromatic N) is 2. The molecule has 11 heteroatoms. The van der Waals surface area contributed by atoms with Crippen LogP contribution in [0.3, 0.4) is 0 Å². The number of methoxy groups -OCH3 is 1. The molecule has 0 saturated carbocycles. The van der Waals surface area contributed by atoms with Gasteiger partial charge in [-0.3, -0.25) is 4.99 Å². The molecule has 3 rings (SSSR count). The molecule has 210 valence electrons. The van der Waals surface area contributed by atoms with Gasteiger partial charge in [0.2, 0.25) is 0 Å². The normalized spacial score (nSPS) is 20.4. The predicted octanol–water partition coefficient (Wildman–Crippen LogP) is 3.48. The van der Waals surface area contributed by atoms with Gasteiger partial charge in [-0.25, -0.2) is 0 Å². The van der Waals surface area contributed by atoms with E-state index in [1.807, 2.05) is 13.0 Å². The molecule has 1 aromatic carbocycles. The molecule has 2 fully saturated rings. The van der Waals surface area contributed by atoms with Gasteiger partial charge in [0.05, 0.1) is 39.8 Å². The van der Waals surface area contributed by atoms with Gasteiger partial charge in [-0.05, 0) is 25.3 Å². The zero-order valence-corrected chi connectivity index (χ0v) is 22.3. The van der Waals surface area contributed by atoms with E-state index in [9.17, 15) is 10.1 Å². The molecule has 2 aliphatic heterocycles. The molecule has 2 aliphatic rings. The predicted molar refractivity (Wildman–Crippen MR) is 141 cm³/mol. The maximum atomic E-state index is 10.1. The number of benzene rings is 1. The van der Waals surface area contributed by atoms with Crippen LogP contribution in [0.25, 0.3) is 0 Å². The van der Waals surface area contributed by atoms with Crippen LogP contribution in [-0.2, 0) is 30.2 Å². The minimum absolute atomic E-state index is 0.234. The fraction of sp³-hybridized carbons (Fsp3) is 0.577. The van der Waals surface area contributed by atoms with Crippen LogP contribution >= 0.6 is 0 Å². The van der Waals surface area contributed by atoms with E-state index in [4.69, 9.17) is 29.2 Å². The van der Waals surface area contributed by atoms with Crippen molar-refractivity contribution in [2.24, 2.45) is 4.99 Å². The van der Waals surface area contributed by atoms with Gasteiger partial charge in [0, 0.05) is 30.2 Å². The van der Waals surface area contributed by atoms with E-state index >= 15 is 0 Å². The summed E-state index contributed by atoms with van der Waals surface area (Å²) in [6.07, 6.45) is 7.50. The second-order valence-electron chi connectivity index (χ2n) is 7.58. The standard InChI is InChI=1S/C9H13NO2.C8H15NO5.C8H10.CH4O2/c1-3-10-4-8-6-12-7-9(8)5-11-2;1-2-3-4-13-7-5-12-6-8(7)14-9(10)11;1-2-8-6-4-3-5-7-8;2-1-3/h3-5H,6-7H2,1-2H3;7-8H,2-6H2,1H3;3-7H,2H2,1H3;2-3H,1H2/b8-4-,9-5+,10-3?;;;/t;7-,8?;;/m.0../s1. The number of unbranched alkanes of at least 4 members (excludes halogenated alkanes) is 1. The SMILES string of the molecule is CC=N/C=C1/COC/C1=C\OC.CCCCO[C@H]1COCC1O[N+](=O)[O-].CCc1ccccc1.OCO. The summed E-state index contributed by atoms with van der Waals surface area (Å²) in [7, 11) is 1.63. The van der Waals surface area contributed by atoms with Gasteiger partial charge in [-0.2, -0.15) is 0 Å². The molecule has 0 amide bonds. The van der Waals surface area contributed by atoms with Crippen molar-refractivity contribution < 1.29 is 39.1 Å². The van der Waals surface area contributed by atoms with Crippen LogP contribution in [0.5, 0.6) is 0 Å². The van der Waals surface area contributed by atoms with Gasteiger partial charge in [0.15, 0.2) is 6.10 Å². The molecule has 2 heterocycles. The molecular formula is C26H42N2O9. The van der Waals surface area contributed by atoms with E-state index in [-0.39, 0.29) is 12.7 Å². The van der Waals surface area contributed by atoms with E-state index in [0.29, 0.717) is 26.4 Å². The Morgan fingerprint density at radius 2 is 1.76 bits per heavy atom. The summed E-state index contributed by atoms with van der Waals surface area (Å²) in [4.78, 5) is 18.6. The van der Waals surface area contributed by atoms with Gasteiger partial charge in [0.1, 0.15) is 12.9 Å². The van der Waals surface area contributed by atoms with Crippen molar-refractivity contribution in [3.05, 3.63) is 69.6 Å². The fourth-order valence-corrected chi connectivity index (χ4v) is 2.97. The monoisotopic (exact) mass is 526 g/mol. The molecule has 2 saturated heterocycles. The fourth-order valence-electron chi connectivity index (χ4n) is 2.97. The zero-order chi connectivity index (χ0) is 27.7. The molecule has 1 aromatic rings. The number of aliphatic imine (C=N–C) groups is 1. The Labute approximate surface area is 219 Å². The first-order chi connectivity index (χ1) is 18.0. The Balaban J connectivity index is 0.000000512. The van der Waals surface area contributed by atoms with E-state index in [1.54, 1.807) is 25.8 Å². The molecule has 0 spiro atoms. The van der Waals surface area contributed by atoms with Crippen LogP contribution < -0.4 is 0 Å². The molecule has 0 aromatic heterocycles. The maximum Gasteiger partial charge on any atom is 0.294 e. The average molecular weight is 527 g/mol. The third kappa shape index (κ3) is 17.3. The van der Waals surface area contributed by atoms with Crippen LogP contribution in [0.4, 0.5) is 0 Å². The number of hydrogen-bond donors (Lipinski definition) is 2. The highest BCUT2D eigenvalue weighted by atomic mass is 17.0. The van der Waals surface area contributed by atoms with Crippen LogP contribution in [0.1, 0.15) is 39.2 Å². The first kappa shape index (κ1) is 34.2. The lowest BCUT2D eigenvalue weighted by Gasteiger charge is -2.15. The Hall–Kier alpha value is -2.83. The highest BCUT2D eigenvalue weighted by Gasteiger charge is 2.32. The van der Waals surface area contributed by atoms with Gasteiger partial charge < -0.3 is 34.0 Å². The lowest BCUT2D eigenvalue weighted by Crippen LogP contribution is -2.32. The molecule has 37 heavy (non-hydrogen) atoms. The van der Waals surface area contributed by atoms with Crippen molar-refractivity contribution in [2.45, 2.75) is 52.2 Å². The second kappa shape index (κ2) is 23.6. The van der Waals surface area contributed by atoms with Crippen molar-refractivity contribution in [2.75, 3.05) is 46.9 Å². The topological polar surface area (TPSA) is 142 Å². The van der Waals surface area contributed by atoms with E-state index < -0.39 is 18.0 Å². The number of aliphatic hydroxyl groups is 2. The van der Waals surface area contributed by atoms with Gasteiger partial charge in [-0.1, -0.05) is 50.6 Å². The molecule has 11 nitrogen and oxygen atoms in total. The van der Waals surface area contributed by atoms with Gasteiger partial charge >= 0.3 is 0 Å². The number of hydrogen-bond acceptors (Lipinski definition) is 10. The Bertz CT molecular complexity index is 786. The molecule has 1 unspecified atom stereocenters. The number of ether oxygens (including phenoxy) is 4. The summed E-state index contributed by atoms with van der Waals surface area (Å²) in [6, 6.07) is 10.5. The maximum absolute atomic E-state index is 10.1.